The first-order valence-electron chi connectivity index (χ1n) is 4.57. The Morgan fingerprint density at radius 2 is 2.06 bits per heavy atom. The predicted octanol–water partition coefficient (Wildman–Crippen LogP) is 1.09. The standard InChI is InChI=1S/C9H12BrFN2O2S/c1-12-5-6-13-16(14,15)8-4-2-3-7(10)9(8)11/h2-4,12-13H,5-6H2,1H3. The average Bonchev–Trinajstić information content (AvgIpc) is 2.22. The van der Waals surface area contributed by atoms with E-state index in [4.69, 9.17) is 0 Å². The van der Waals surface area contributed by atoms with Crippen molar-refractivity contribution in [1.82, 2.24) is 10.0 Å². The van der Waals surface area contributed by atoms with E-state index in [1.807, 2.05) is 0 Å². The van der Waals surface area contributed by atoms with Gasteiger partial charge in [-0.3, -0.25) is 0 Å². The van der Waals surface area contributed by atoms with Crippen LogP contribution in [-0.4, -0.2) is 28.6 Å². The molecule has 0 heterocycles. The molecule has 0 radical (unpaired) electrons. The van der Waals surface area contributed by atoms with Crippen LogP contribution in [0.15, 0.2) is 27.6 Å². The summed E-state index contributed by atoms with van der Waals surface area (Å²) in [7, 11) is -2.08. The highest BCUT2D eigenvalue weighted by molar-refractivity contribution is 9.10. The molecule has 0 saturated carbocycles. The number of halogens is 2. The molecule has 0 bridgehead atoms. The molecule has 90 valence electrons. The van der Waals surface area contributed by atoms with E-state index < -0.39 is 15.8 Å². The average molecular weight is 311 g/mol. The van der Waals surface area contributed by atoms with Crippen molar-refractivity contribution in [2.24, 2.45) is 0 Å². The summed E-state index contributed by atoms with van der Waals surface area (Å²) < 4.78 is 39.3. The van der Waals surface area contributed by atoms with E-state index in [1.165, 1.54) is 18.2 Å². The summed E-state index contributed by atoms with van der Waals surface area (Å²) in [4.78, 5) is -0.349. The molecule has 2 N–H and O–H groups in total. The Labute approximate surface area is 102 Å². The topological polar surface area (TPSA) is 58.2 Å². The molecular formula is C9H12BrFN2O2S. The molecule has 0 saturated heterocycles. The smallest absolute Gasteiger partial charge is 0.243 e. The number of hydrogen-bond acceptors (Lipinski definition) is 3. The van der Waals surface area contributed by atoms with Crippen LogP contribution in [0.1, 0.15) is 0 Å². The molecule has 1 rings (SSSR count). The van der Waals surface area contributed by atoms with Gasteiger partial charge in [-0.15, -0.1) is 0 Å². The third kappa shape index (κ3) is 3.24. The van der Waals surface area contributed by atoms with E-state index in [1.54, 1.807) is 7.05 Å². The van der Waals surface area contributed by atoms with Crippen molar-refractivity contribution in [1.29, 1.82) is 0 Å². The van der Waals surface area contributed by atoms with Gasteiger partial charge in [0.15, 0.2) is 5.82 Å². The minimum Gasteiger partial charge on any atom is -0.318 e. The molecule has 0 fully saturated rings. The summed E-state index contributed by atoms with van der Waals surface area (Å²) >= 11 is 2.94. The first-order chi connectivity index (χ1) is 7.49. The van der Waals surface area contributed by atoms with Gasteiger partial charge in [-0.05, 0) is 35.1 Å². The molecule has 0 aliphatic rings. The van der Waals surface area contributed by atoms with Gasteiger partial charge in [0.25, 0.3) is 0 Å². The minimum absolute atomic E-state index is 0.129. The van der Waals surface area contributed by atoms with Crippen LogP contribution < -0.4 is 10.0 Å². The quantitative estimate of drug-likeness (QED) is 0.800. The van der Waals surface area contributed by atoms with Gasteiger partial charge in [-0.1, -0.05) is 6.07 Å². The van der Waals surface area contributed by atoms with E-state index in [2.05, 4.69) is 26.0 Å². The van der Waals surface area contributed by atoms with Crippen LogP contribution >= 0.6 is 15.9 Å². The number of likely N-dealkylation sites (N-methyl/N-ethyl adjacent to an activating group) is 1. The van der Waals surface area contributed by atoms with E-state index >= 15 is 0 Å². The third-order valence-electron chi connectivity index (χ3n) is 1.87. The van der Waals surface area contributed by atoms with E-state index in [9.17, 15) is 12.8 Å². The molecule has 4 nitrogen and oxygen atoms in total. The van der Waals surface area contributed by atoms with Crippen LogP contribution in [0.25, 0.3) is 0 Å². The molecule has 0 spiro atoms. The Bertz CT molecular complexity index is 465. The van der Waals surface area contributed by atoms with Gasteiger partial charge < -0.3 is 5.32 Å². The predicted molar refractivity (Wildman–Crippen MR) is 63.2 cm³/mol. The van der Waals surface area contributed by atoms with Crippen molar-refractivity contribution < 1.29 is 12.8 Å². The van der Waals surface area contributed by atoms with Crippen molar-refractivity contribution in [3.05, 3.63) is 28.5 Å². The molecule has 7 heteroatoms. The highest BCUT2D eigenvalue weighted by Gasteiger charge is 2.19. The molecule has 16 heavy (non-hydrogen) atoms. The van der Waals surface area contributed by atoms with Crippen LogP contribution in [0.2, 0.25) is 0 Å². The van der Waals surface area contributed by atoms with Crippen LogP contribution in [0.5, 0.6) is 0 Å². The zero-order valence-electron chi connectivity index (χ0n) is 8.63. The number of nitrogens with one attached hydrogen (secondary N) is 2. The largest absolute Gasteiger partial charge is 0.318 e. The number of rotatable bonds is 5. The number of sulfonamides is 1. The molecule has 0 aromatic heterocycles. The summed E-state index contributed by atoms with van der Waals surface area (Å²) in [6.45, 7) is 0.694. The molecule has 0 aliphatic heterocycles. The summed E-state index contributed by atoms with van der Waals surface area (Å²) in [6.07, 6.45) is 0. The maximum Gasteiger partial charge on any atom is 0.243 e. The van der Waals surface area contributed by atoms with Gasteiger partial charge in [-0.2, -0.15) is 0 Å². The van der Waals surface area contributed by atoms with Gasteiger partial charge in [0.05, 0.1) is 4.47 Å². The number of benzene rings is 1. The Kier molecular flexibility index (Phi) is 4.85. The zero-order valence-corrected chi connectivity index (χ0v) is 11.0. The van der Waals surface area contributed by atoms with Crippen LogP contribution in [0.3, 0.4) is 0 Å². The molecule has 0 unspecified atom stereocenters. The fraction of sp³-hybridized carbons (Fsp3) is 0.333. The second-order valence-electron chi connectivity index (χ2n) is 3.05. The van der Waals surface area contributed by atoms with Gasteiger partial charge >= 0.3 is 0 Å². The van der Waals surface area contributed by atoms with Gasteiger partial charge in [0, 0.05) is 13.1 Å². The number of hydrogen-bond donors (Lipinski definition) is 2. The van der Waals surface area contributed by atoms with Crippen molar-refractivity contribution in [3.63, 3.8) is 0 Å². The first-order valence-corrected chi connectivity index (χ1v) is 6.85. The lowest BCUT2D eigenvalue weighted by Gasteiger charge is -2.07. The summed E-state index contributed by atoms with van der Waals surface area (Å²) in [5.74, 6) is -0.778. The van der Waals surface area contributed by atoms with Gasteiger partial charge in [-0.25, -0.2) is 17.5 Å². The lowest BCUT2D eigenvalue weighted by molar-refractivity contribution is 0.553. The Balaban J connectivity index is 2.94. The molecule has 0 atom stereocenters. The molecule has 0 aliphatic carbocycles. The first kappa shape index (κ1) is 13.6. The lowest BCUT2D eigenvalue weighted by atomic mass is 10.3. The fourth-order valence-electron chi connectivity index (χ4n) is 1.08. The molecule has 0 amide bonds. The van der Waals surface area contributed by atoms with E-state index in [-0.39, 0.29) is 15.9 Å². The van der Waals surface area contributed by atoms with Crippen molar-refractivity contribution in [2.75, 3.05) is 20.1 Å². The highest BCUT2D eigenvalue weighted by Crippen LogP contribution is 2.21. The third-order valence-corrected chi connectivity index (χ3v) is 3.96. The highest BCUT2D eigenvalue weighted by atomic mass is 79.9. The van der Waals surface area contributed by atoms with Crippen LogP contribution in [-0.2, 0) is 10.0 Å². The van der Waals surface area contributed by atoms with Gasteiger partial charge in [0.2, 0.25) is 10.0 Å². The second-order valence-corrected chi connectivity index (χ2v) is 5.64. The monoisotopic (exact) mass is 310 g/mol. The Hall–Kier alpha value is -0.500. The summed E-state index contributed by atoms with van der Waals surface area (Å²) in [6, 6.07) is 4.14. The Morgan fingerprint density at radius 3 is 2.69 bits per heavy atom. The Morgan fingerprint density at radius 1 is 1.38 bits per heavy atom. The maximum atomic E-state index is 13.5. The van der Waals surface area contributed by atoms with Crippen LogP contribution in [0.4, 0.5) is 4.39 Å². The van der Waals surface area contributed by atoms with Gasteiger partial charge in [0.1, 0.15) is 4.90 Å². The minimum atomic E-state index is -3.78. The summed E-state index contributed by atoms with van der Waals surface area (Å²) in [5.41, 5.74) is 0. The molecule has 1 aromatic rings. The second kappa shape index (κ2) is 5.72. The van der Waals surface area contributed by atoms with Crippen molar-refractivity contribution >= 4 is 26.0 Å². The lowest BCUT2D eigenvalue weighted by Crippen LogP contribution is -2.31. The maximum absolute atomic E-state index is 13.5. The SMILES string of the molecule is CNCCNS(=O)(=O)c1cccc(Br)c1F. The van der Waals surface area contributed by atoms with E-state index in [0.717, 1.165) is 0 Å². The van der Waals surface area contributed by atoms with E-state index in [0.29, 0.717) is 6.54 Å². The molecular weight excluding hydrogens is 299 g/mol. The van der Waals surface area contributed by atoms with Crippen LogP contribution in [0, 0.1) is 5.82 Å². The normalized spacial score (nSPS) is 11.7. The van der Waals surface area contributed by atoms with Crippen molar-refractivity contribution in [3.8, 4) is 0 Å². The summed E-state index contributed by atoms with van der Waals surface area (Å²) in [5, 5.41) is 2.79. The zero-order chi connectivity index (χ0) is 12.2. The molecule has 1 aromatic carbocycles. The van der Waals surface area contributed by atoms with Crippen molar-refractivity contribution in [2.45, 2.75) is 4.90 Å². The fourth-order valence-corrected chi connectivity index (χ4v) is 2.71.